The van der Waals surface area contributed by atoms with Crippen LogP contribution in [0.4, 0.5) is 11.4 Å². The number of halogens is 1. The van der Waals surface area contributed by atoms with E-state index in [9.17, 15) is 4.79 Å². The number of carbonyl (C=O) groups is 1. The van der Waals surface area contributed by atoms with Gasteiger partial charge in [-0.25, -0.2) is 4.98 Å². The lowest BCUT2D eigenvalue weighted by atomic mass is 10.1. The predicted molar refractivity (Wildman–Crippen MR) is 117 cm³/mol. The van der Waals surface area contributed by atoms with Crippen LogP contribution < -0.4 is 21.3 Å². The zero-order chi connectivity index (χ0) is 19.5. The van der Waals surface area contributed by atoms with Crippen LogP contribution in [0.1, 0.15) is 15.2 Å². The number of aromatic nitrogens is 1. The van der Waals surface area contributed by atoms with Crippen LogP contribution in [0.2, 0.25) is 5.15 Å². The summed E-state index contributed by atoms with van der Waals surface area (Å²) in [7, 11) is 0. The zero-order valence-corrected chi connectivity index (χ0v) is 16.9. The number of nitrogens with two attached hydrogens (primary N) is 1. The van der Waals surface area contributed by atoms with Crippen LogP contribution in [0, 0.1) is 0 Å². The summed E-state index contributed by atoms with van der Waals surface area (Å²) < 4.78 is 0. The molecule has 0 aliphatic carbocycles. The third-order valence-corrected chi connectivity index (χ3v) is 6.21. The molecule has 0 atom stereocenters. The van der Waals surface area contributed by atoms with Crippen molar-refractivity contribution in [1.82, 2.24) is 15.6 Å². The fraction of sp³-hybridized carbons (Fsp3) is 0.300. The molecule has 0 saturated carbocycles. The highest BCUT2D eigenvalue weighted by molar-refractivity contribution is 7.21. The maximum atomic E-state index is 12.5. The molecule has 6 nitrogen and oxygen atoms in total. The van der Waals surface area contributed by atoms with E-state index in [-0.39, 0.29) is 5.91 Å². The Morgan fingerprint density at radius 2 is 1.96 bits per heavy atom. The molecule has 8 heteroatoms. The van der Waals surface area contributed by atoms with Gasteiger partial charge in [-0.2, -0.15) is 0 Å². The van der Waals surface area contributed by atoms with E-state index in [1.165, 1.54) is 22.6 Å². The van der Waals surface area contributed by atoms with Crippen LogP contribution in [0.5, 0.6) is 0 Å². The van der Waals surface area contributed by atoms with Gasteiger partial charge >= 0.3 is 0 Å². The van der Waals surface area contributed by atoms with Gasteiger partial charge in [0.25, 0.3) is 5.91 Å². The molecule has 0 spiro atoms. The monoisotopic (exact) mass is 415 g/mol. The van der Waals surface area contributed by atoms with Gasteiger partial charge in [-0.05, 0) is 36.2 Å². The highest BCUT2D eigenvalue weighted by Crippen LogP contribution is 2.33. The molecule has 146 valence electrons. The predicted octanol–water partition coefficient (Wildman–Crippen LogP) is 2.91. The third-order valence-electron chi connectivity index (χ3n) is 4.88. The maximum Gasteiger partial charge on any atom is 0.263 e. The van der Waals surface area contributed by atoms with E-state index in [0.29, 0.717) is 27.1 Å². The number of thiophene rings is 1. The lowest BCUT2D eigenvalue weighted by Gasteiger charge is -2.29. The highest BCUT2D eigenvalue weighted by atomic mass is 35.5. The van der Waals surface area contributed by atoms with Crippen molar-refractivity contribution >= 4 is 50.4 Å². The van der Waals surface area contributed by atoms with E-state index in [2.05, 4.69) is 44.8 Å². The van der Waals surface area contributed by atoms with E-state index in [4.69, 9.17) is 17.3 Å². The Morgan fingerprint density at radius 1 is 1.21 bits per heavy atom. The van der Waals surface area contributed by atoms with E-state index < -0.39 is 0 Å². The summed E-state index contributed by atoms with van der Waals surface area (Å²) >= 11 is 7.19. The number of hydrogen-bond donors (Lipinski definition) is 3. The number of benzene rings is 1. The minimum Gasteiger partial charge on any atom is -0.397 e. The third kappa shape index (κ3) is 4.06. The van der Waals surface area contributed by atoms with Crippen LogP contribution in [-0.4, -0.2) is 43.6 Å². The fourth-order valence-corrected chi connectivity index (χ4v) is 4.55. The first-order valence-electron chi connectivity index (χ1n) is 9.29. The van der Waals surface area contributed by atoms with Crippen molar-refractivity contribution in [3.8, 4) is 0 Å². The molecule has 4 N–H and O–H groups in total. The van der Waals surface area contributed by atoms with Crippen molar-refractivity contribution < 1.29 is 4.79 Å². The van der Waals surface area contributed by atoms with Gasteiger partial charge in [0.15, 0.2) is 0 Å². The Kier molecular flexibility index (Phi) is 5.66. The van der Waals surface area contributed by atoms with E-state index >= 15 is 0 Å². The van der Waals surface area contributed by atoms with Crippen molar-refractivity contribution in [2.45, 2.75) is 6.42 Å². The molecule has 2 aromatic heterocycles. The minimum atomic E-state index is -0.172. The number of nitrogens with zero attached hydrogens (tertiary/aromatic N) is 2. The van der Waals surface area contributed by atoms with Crippen molar-refractivity contribution in [2.75, 3.05) is 43.4 Å². The molecule has 1 fully saturated rings. The van der Waals surface area contributed by atoms with Gasteiger partial charge in [0.05, 0.1) is 5.69 Å². The van der Waals surface area contributed by atoms with Gasteiger partial charge in [-0.1, -0.05) is 23.7 Å². The molecule has 0 radical (unpaired) electrons. The lowest BCUT2D eigenvalue weighted by molar-refractivity contribution is 0.0959. The summed E-state index contributed by atoms with van der Waals surface area (Å²) in [5, 5.41) is 7.48. The first-order valence-corrected chi connectivity index (χ1v) is 10.5. The smallest absolute Gasteiger partial charge is 0.263 e. The fourth-order valence-electron chi connectivity index (χ4n) is 3.34. The van der Waals surface area contributed by atoms with Crippen molar-refractivity contribution in [1.29, 1.82) is 0 Å². The summed E-state index contributed by atoms with van der Waals surface area (Å²) in [6, 6.07) is 12.0. The SMILES string of the molecule is Nc1c(C(=O)NCCc2ccc(N3CCNCC3)cc2)sc2nc(Cl)ccc12. The second-order valence-corrected chi connectivity index (χ2v) is 8.13. The Bertz CT molecular complexity index is 982. The molecular formula is C20H22ClN5OS. The van der Waals surface area contributed by atoms with E-state index in [0.717, 1.165) is 38.0 Å². The van der Waals surface area contributed by atoms with Gasteiger partial charge < -0.3 is 21.3 Å². The largest absolute Gasteiger partial charge is 0.397 e. The van der Waals surface area contributed by atoms with E-state index in [1.807, 2.05) is 0 Å². The molecule has 4 rings (SSSR count). The molecular weight excluding hydrogens is 394 g/mol. The summed E-state index contributed by atoms with van der Waals surface area (Å²) in [6.45, 7) is 4.67. The summed E-state index contributed by atoms with van der Waals surface area (Å²) in [4.78, 5) is 20.3. The number of piperazine rings is 1. The topological polar surface area (TPSA) is 83.3 Å². The van der Waals surface area contributed by atoms with Gasteiger partial charge in [0, 0.05) is 43.8 Å². The quantitative estimate of drug-likeness (QED) is 0.558. The van der Waals surface area contributed by atoms with Gasteiger partial charge in [0.2, 0.25) is 0 Å². The number of fused-ring (bicyclic) bond motifs is 1. The van der Waals surface area contributed by atoms with E-state index in [1.54, 1.807) is 12.1 Å². The van der Waals surface area contributed by atoms with Crippen LogP contribution in [0.3, 0.4) is 0 Å². The number of anilines is 2. The Hall–Kier alpha value is -2.35. The van der Waals surface area contributed by atoms with Gasteiger partial charge in [-0.15, -0.1) is 11.3 Å². The van der Waals surface area contributed by atoms with Crippen LogP contribution in [-0.2, 0) is 6.42 Å². The van der Waals surface area contributed by atoms with Crippen LogP contribution >= 0.6 is 22.9 Å². The summed E-state index contributed by atoms with van der Waals surface area (Å²) in [5.41, 5.74) is 9.02. The Labute approximate surface area is 172 Å². The van der Waals surface area contributed by atoms with Crippen LogP contribution in [0.15, 0.2) is 36.4 Å². The number of pyridine rings is 1. The lowest BCUT2D eigenvalue weighted by Crippen LogP contribution is -2.43. The number of carbonyl (C=O) groups excluding carboxylic acids is 1. The van der Waals surface area contributed by atoms with Gasteiger partial charge in [-0.3, -0.25) is 4.79 Å². The number of hydrogen-bond acceptors (Lipinski definition) is 6. The molecule has 28 heavy (non-hydrogen) atoms. The molecule has 1 aliphatic rings. The second-order valence-electron chi connectivity index (χ2n) is 6.74. The van der Waals surface area contributed by atoms with Crippen LogP contribution in [0.25, 0.3) is 10.2 Å². The normalized spacial score (nSPS) is 14.4. The standard InChI is InChI=1S/C20H22ClN5OS/c21-16-6-5-15-17(22)18(28-20(15)25-16)19(27)24-8-7-13-1-3-14(4-2-13)26-11-9-23-10-12-26/h1-6,23H,7-12,22H2,(H,24,27). The molecule has 3 heterocycles. The van der Waals surface area contributed by atoms with Crippen molar-refractivity contribution in [3.63, 3.8) is 0 Å². The molecule has 1 aromatic carbocycles. The number of nitrogens with one attached hydrogen (secondary N) is 2. The molecule has 1 saturated heterocycles. The highest BCUT2D eigenvalue weighted by Gasteiger charge is 2.17. The minimum absolute atomic E-state index is 0.172. The molecule has 3 aromatic rings. The number of amides is 1. The van der Waals surface area contributed by atoms with Gasteiger partial charge in [0.1, 0.15) is 14.9 Å². The molecule has 1 aliphatic heterocycles. The molecule has 1 amide bonds. The average Bonchev–Trinajstić information content (AvgIpc) is 3.05. The van der Waals surface area contributed by atoms with Crippen molar-refractivity contribution in [3.05, 3.63) is 52.0 Å². The maximum absolute atomic E-state index is 12.5. The zero-order valence-electron chi connectivity index (χ0n) is 15.4. The second kappa shape index (κ2) is 8.34. The molecule has 0 bridgehead atoms. The first-order chi connectivity index (χ1) is 13.6. The average molecular weight is 416 g/mol. The Morgan fingerprint density at radius 3 is 2.71 bits per heavy atom. The van der Waals surface area contributed by atoms with Crippen molar-refractivity contribution in [2.24, 2.45) is 0 Å². The summed E-state index contributed by atoms with van der Waals surface area (Å²) in [6.07, 6.45) is 0.766. The first kappa shape index (κ1) is 19.0. The number of nitrogen functional groups attached to an aromatic ring is 1. The Balaban J connectivity index is 1.34. The summed E-state index contributed by atoms with van der Waals surface area (Å²) in [5.74, 6) is -0.172. The number of rotatable bonds is 5. The molecule has 0 unspecified atom stereocenters.